The number of hydrogen-bond acceptors (Lipinski definition) is 2. The highest BCUT2D eigenvalue weighted by Gasteiger charge is 2.40. The smallest absolute Gasteiger partial charge is 0.407 e. The summed E-state index contributed by atoms with van der Waals surface area (Å²) in [5, 5.41) is 2.44. The second-order valence-electron chi connectivity index (χ2n) is 3.95. The molecule has 1 atom stereocenters. The molecule has 1 rings (SSSR count). The van der Waals surface area contributed by atoms with E-state index in [-0.39, 0.29) is 12.1 Å². The van der Waals surface area contributed by atoms with Crippen LogP contribution in [0.5, 0.6) is 5.75 Å². The molecule has 1 aromatic carbocycles. The second-order valence-corrected chi connectivity index (χ2v) is 3.95. The van der Waals surface area contributed by atoms with E-state index in [1.165, 1.54) is 12.1 Å². The molecule has 0 spiro atoms. The van der Waals surface area contributed by atoms with Crippen LogP contribution in [0.1, 0.15) is 31.9 Å². The molecule has 0 saturated carbocycles. The lowest BCUT2D eigenvalue weighted by molar-refractivity contribution is -0.157. The van der Waals surface area contributed by atoms with Gasteiger partial charge in [0.2, 0.25) is 0 Å². The fourth-order valence-electron chi connectivity index (χ4n) is 1.63. The summed E-state index contributed by atoms with van der Waals surface area (Å²) in [6.07, 6.45) is -3.49. The van der Waals surface area contributed by atoms with Gasteiger partial charge in [-0.25, -0.2) is 0 Å². The van der Waals surface area contributed by atoms with Crippen LogP contribution in [-0.2, 0) is 0 Å². The van der Waals surface area contributed by atoms with Gasteiger partial charge < -0.3 is 10.1 Å². The Labute approximate surface area is 105 Å². The molecule has 0 radical (unpaired) electrons. The van der Waals surface area contributed by atoms with Gasteiger partial charge in [-0.1, -0.05) is 26.0 Å². The molecule has 0 aromatic heterocycles. The summed E-state index contributed by atoms with van der Waals surface area (Å²) >= 11 is 0. The first-order chi connectivity index (χ1) is 8.49. The van der Waals surface area contributed by atoms with Gasteiger partial charge in [0.1, 0.15) is 11.8 Å². The largest absolute Gasteiger partial charge is 0.494 e. The van der Waals surface area contributed by atoms with Crippen molar-refractivity contribution in [1.82, 2.24) is 5.32 Å². The van der Waals surface area contributed by atoms with E-state index in [0.717, 1.165) is 6.42 Å². The predicted molar refractivity (Wildman–Crippen MR) is 64.7 cm³/mol. The van der Waals surface area contributed by atoms with Crippen LogP contribution in [0.4, 0.5) is 13.2 Å². The molecule has 5 heteroatoms. The van der Waals surface area contributed by atoms with Crippen molar-refractivity contribution >= 4 is 0 Å². The molecule has 0 aliphatic carbocycles. The standard InChI is InChI=1S/C13H18F3NO/c1-3-8-18-11-7-5-6-10(9-11)12(17-4-2)13(14,15)16/h5-7,9,12,17H,3-4,8H2,1-2H3. The Bertz CT molecular complexity index is 365. The highest BCUT2D eigenvalue weighted by atomic mass is 19.4. The average molecular weight is 261 g/mol. The zero-order valence-corrected chi connectivity index (χ0v) is 10.6. The van der Waals surface area contributed by atoms with Gasteiger partial charge in [0.05, 0.1) is 6.61 Å². The van der Waals surface area contributed by atoms with E-state index in [9.17, 15) is 13.2 Å². The van der Waals surface area contributed by atoms with Gasteiger partial charge in [-0.15, -0.1) is 0 Å². The molecule has 0 saturated heterocycles. The maximum absolute atomic E-state index is 12.9. The minimum absolute atomic E-state index is 0.179. The normalized spacial score (nSPS) is 13.4. The van der Waals surface area contributed by atoms with E-state index in [1.54, 1.807) is 19.1 Å². The summed E-state index contributed by atoms with van der Waals surface area (Å²) in [5.41, 5.74) is 0.179. The SMILES string of the molecule is CCCOc1cccc(C(NCC)C(F)(F)F)c1. The van der Waals surface area contributed by atoms with Crippen molar-refractivity contribution < 1.29 is 17.9 Å². The molecule has 0 heterocycles. The topological polar surface area (TPSA) is 21.3 Å². The second kappa shape index (κ2) is 6.64. The Morgan fingerprint density at radius 3 is 2.56 bits per heavy atom. The summed E-state index contributed by atoms with van der Waals surface area (Å²) in [6.45, 7) is 4.35. The number of hydrogen-bond donors (Lipinski definition) is 1. The van der Waals surface area contributed by atoms with Crippen molar-refractivity contribution in [1.29, 1.82) is 0 Å². The predicted octanol–water partition coefficient (Wildman–Crippen LogP) is 3.69. The van der Waals surface area contributed by atoms with Gasteiger partial charge in [-0.2, -0.15) is 13.2 Å². The summed E-state index contributed by atoms with van der Waals surface area (Å²) < 4.78 is 44.0. The third-order valence-electron chi connectivity index (χ3n) is 2.40. The van der Waals surface area contributed by atoms with Gasteiger partial charge in [0.25, 0.3) is 0 Å². The van der Waals surface area contributed by atoms with Crippen LogP contribution in [0.15, 0.2) is 24.3 Å². The lowest BCUT2D eigenvalue weighted by atomic mass is 10.1. The van der Waals surface area contributed by atoms with E-state index in [4.69, 9.17) is 4.74 Å². The molecule has 0 amide bonds. The maximum Gasteiger partial charge on any atom is 0.407 e. The van der Waals surface area contributed by atoms with Crippen LogP contribution < -0.4 is 10.1 Å². The van der Waals surface area contributed by atoms with E-state index in [1.807, 2.05) is 6.92 Å². The molecule has 1 unspecified atom stereocenters. The van der Waals surface area contributed by atoms with Crippen LogP contribution in [0.25, 0.3) is 0 Å². The highest BCUT2D eigenvalue weighted by molar-refractivity contribution is 5.31. The van der Waals surface area contributed by atoms with Gasteiger partial charge in [0, 0.05) is 0 Å². The quantitative estimate of drug-likeness (QED) is 0.843. The van der Waals surface area contributed by atoms with Gasteiger partial charge >= 0.3 is 6.18 Å². The zero-order chi connectivity index (χ0) is 13.6. The van der Waals surface area contributed by atoms with Crippen LogP contribution in [-0.4, -0.2) is 19.3 Å². The Balaban J connectivity index is 2.91. The summed E-state index contributed by atoms with van der Waals surface area (Å²) in [6, 6.07) is 4.50. The molecular formula is C13H18F3NO. The lowest BCUT2D eigenvalue weighted by Crippen LogP contribution is -2.34. The molecule has 102 valence electrons. The Hall–Kier alpha value is -1.23. The van der Waals surface area contributed by atoms with Gasteiger partial charge in [0.15, 0.2) is 0 Å². The Kier molecular flexibility index (Phi) is 5.47. The molecule has 18 heavy (non-hydrogen) atoms. The van der Waals surface area contributed by atoms with Crippen molar-refractivity contribution in [3.05, 3.63) is 29.8 Å². The third-order valence-corrected chi connectivity index (χ3v) is 2.40. The Morgan fingerprint density at radius 1 is 1.28 bits per heavy atom. The molecule has 0 fully saturated rings. The monoisotopic (exact) mass is 261 g/mol. The number of ether oxygens (including phenoxy) is 1. The fraction of sp³-hybridized carbons (Fsp3) is 0.538. The van der Waals surface area contributed by atoms with Crippen LogP contribution in [0.2, 0.25) is 0 Å². The minimum Gasteiger partial charge on any atom is -0.494 e. The molecular weight excluding hydrogens is 243 g/mol. The van der Waals surface area contributed by atoms with E-state index in [2.05, 4.69) is 5.32 Å². The van der Waals surface area contributed by atoms with Crippen molar-refractivity contribution in [2.24, 2.45) is 0 Å². The van der Waals surface area contributed by atoms with Crippen molar-refractivity contribution in [3.8, 4) is 5.75 Å². The summed E-state index contributed by atoms with van der Waals surface area (Å²) in [7, 11) is 0. The molecule has 2 nitrogen and oxygen atoms in total. The maximum atomic E-state index is 12.9. The third kappa shape index (κ3) is 4.22. The number of benzene rings is 1. The van der Waals surface area contributed by atoms with Crippen molar-refractivity contribution in [2.75, 3.05) is 13.2 Å². The molecule has 1 aromatic rings. The van der Waals surface area contributed by atoms with Gasteiger partial charge in [-0.05, 0) is 30.7 Å². The highest BCUT2D eigenvalue weighted by Crippen LogP contribution is 2.33. The first-order valence-electron chi connectivity index (χ1n) is 6.01. The Morgan fingerprint density at radius 2 is 2.00 bits per heavy atom. The van der Waals surface area contributed by atoms with Crippen molar-refractivity contribution in [3.63, 3.8) is 0 Å². The van der Waals surface area contributed by atoms with Gasteiger partial charge in [-0.3, -0.25) is 0 Å². The molecule has 1 N–H and O–H groups in total. The molecule has 0 bridgehead atoms. The van der Waals surface area contributed by atoms with Crippen LogP contribution >= 0.6 is 0 Å². The number of rotatable bonds is 6. The first kappa shape index (κ1) is 14.8. The molecule has 0 aliphatic rings. The first-order valence-corrected chi connectivity index (χ1v) is 6.01. The van der Waals surface area contributed by atoms with E-state index >= 15 is 0 Å². The number of alkyl halides is 3. The van der Waals surface area contributed by atoms with Crippen molar-refractivity contribution in [2.45, 2.75) is 32.5 Å². The number of halogens is 3. The van der Waals surface area contributed by atoms with E-state index < -0.39 is 12.2 Å². The summed E-state index contributed by atoms with van der Waals surface area (Å²) in [4.78, 5) is 0. The van der Waals surface area contributed by atoms with E-state index in [0.29, 0.717) is 12.4 Å². The average Bonchev–Trinajstić information content (AvgIpc) is 2.32. The zero-order valence-electron chi connectivity index (χ0n) is 10.6. The molecule has 0 aliphatic heterocycles. The number of nitrogens with one attached hydrogen (secondary N) is 1. The van der Waals surface area contributed by atoms with Crippen LogP contribution in [0, 0.1) is 0 Å². The fourth-order valence-corrected chi connectivity index (χ4v) is 1.63. The summed E-state index contributed by atoms with van der Waals surface area (Å²) in [5.74, 6) is 0.474. The van der Waals surface area contributed by atoms with Crippen LogP contribution in [0.3, 0.4) is 0 Å². The lowest BCUT2D eigenvalue weighted by Gasteiger charge is -2.21. The minimum atomic E-state index is -4.31.